The number of carbonyl (C=O) groups is 1. The molecule has 2 aromatic rings. The van der Waals surface area contributed by atoms with E-state index >= 15 is 0 Å². The zero-order valence-electron chi connectivity index (χ0n) is 16.0. The Morgan fingerprint density at radius 3 is 2.78 bits per heavy atom. The SMILES string of the molecule is CC[C@@H]1C=CCN1C(=O)c1cccc(-c2ccc(CN3CCCC3)cn2)c1. The van der Waals surface area contributed by atoms with Gasteiger partial charge in [-0.25, -0.2) is 0 Å². The summed E-state index contributed by atoms with van der Waals surface area (Å²) in [6.07, 6.45) is 9.73. The lowest BCUT2D eigenvalue weighted by Gasteiger charge is -2.23. The van der Waals surface area contributed by atoms with E-state index in [9.17, 15) is 4.79 Å². The van der Waals surface area contributed by atoms with Crippen molar-refractivity contribution >= 4 is 5.91 Å². The highest BCUT2D eigenvalue weighted by atomic mass is 16.2. The summed E-state index contributed by atoms with van der Waals surface area (Å²) >= 11 is 0. The van der Waals surface area contributed by atoms with Crippen LogP contribution in [0.15, 0.2) is 54.7 Å². The first-order chi connectivity index (χ1) is 13.2. The van der Waals surface area contributed by atoms with Crippen LogP contribution in [0.4, 0.5) is 0 Å². The molecule has 1 saturated heterocycles. The molecule has 3 heterocycles. The van der Waals surface area contributed by atoms with Crippen LogP contribution in [0, 0.1) is 0 Å². The van der Waals surface area contributed by atoms with E-state index in [1.165, 1.54) is 31.5 Å². The first-order valence-corrected chi connectivity index (χ1v) is 10.00. The van der Waals surface area contributed by atoms with Gasteiger partial charge >= 0.3 is 0 Å². The van der Waals surface area contributed by atoms with E-state index in [1.807, 2.05) is 35.4 Å². The number of nitrogens with zero attached hydrogens (tertiary/aromatic N) is 3. The molecule has 0 aliphatic carbocycles. The second kappa shape index (κ2) is 8.05. The summed E-state index contributed by atoms with van der Waals surface area (Å²) in [5.74, 6) is 0.0966. The Morgan fingerprint density at radius 2 is 2.04 bits per heavy atom. The molecule has 0 spiro atoms. The summed E-state index contributed by atoms with van der Waals surface area (Å²) in [6, 6.07) is 12.3. The monoisotopic (exact) mass is 361 g/mol. The van der Waals surface area contributed by atoms with Crippen LogP contribution in [0.25, 0.3) is 11.3 Å². The summed E-state index contributed by atoms with van der Waals surface area (Å²) in [4.78, 5) is 22.0. The van der Waals surface area contributed by atoms with Crippen LogP contribution in [0.1, 0.15) is 42.1 Å². The lowest BCUT2D eigenvalue weighted by atomic mass is 10.1. The van der Waals surface area contributed by atoms with Crippen molar-refractivity contribution in [1.82, 2.24) is 14.8 Å². The van der Waals surface area contributed by atoms with E-state index in [1.54, 1.807) is 0 Å². The Labute approximate surface area is 161 Å². The van der Waals surface area contributed by atoms with E-state index in [0.29, 0.717) is 6.54 Å². The van der Waals surface area contributed by atoms with E-state index < -0.39 is 0 Å². The van der Waals surface area contributed by atoms with Gasteiger partial charge in [-0.1, -0.05) is 37.3 Å². The van der Waals surface area contributed by atoms with Gasteiger partial charge in [0.05, 0.1) is 11.7 Å². The van der Waals surface area contributed by atoms with Gasteiger partial charge in [-0.2, -0.15) is 0 Å². The molecule has 0 radical (unpaired) electrons. The molecule has 4 rings (SSSR count). The van der Waals surface area contributed by atoms with Crippen molar-refractivity contribution in [2.24, 2.45) is 0 Å². The number of likely N-dealkylation sites (tertiary alicyclic amines) is 1. The van der Waals surface area contributed by atoms with Crippen molar-refractivity contribution in [2.45, 2.75) is 38.8 Å². The van der Waals surface area contributed by atoms with Crippen LogP contribution in [0.3, 0.4) is 0 Å². The molecule has 1 aromatic carbocycles. The zero-order chi connectivity index (χ0) is 18.6. The summed E-state index contributed by atoms with van der Waals surface area (Å²) in [5.41, 5.74) is 3.90. The Morgan fingerprint density at radius 1 is 1.19 bits per heavy atom. The summed E-state index contributed by atoms with van der Waals surface area (Å²) in [7, 11) is 0. The fourth-order valence-electron chi connectivity index (χ4n) is 4.03. The molecule has 4 nitrogen and oxygen atoms in total. The van der Waals surface area contributed by atoms with Gasteiger partial charge in [-0.05, 0) is 56.1 Å². The minimum Gasteiger partial charge on any atom is -0.329 e. The highest BCUT2D eigenvalue weighted by Crippen LogP contribution is 2.22. The first-order valence-electron chi connectivity index (χ1n) is 10.00. The third-order valence-electron chi connectivity index (χ3n) is 5.57. The second-order valence-corrected chi connectivity index (χ2v) is 7.48. The standard InChI is InChI=1S/C23H27N3O/c1-2-21-9-6-14-26(21)23(27)20-8-5-7-19(15-20)22-11-10-18(16-24-22)17-25-12-3-4-13-25/h5-11,15-16,21H,2-4,12-14,17H2,1H3/t21-/m1/s1. The van der Waals surface area contributed by atoms with E-state index in [0.717, 1.165) is 29.8 Å². The van der Waals surface area contributed by atoms with Crippen LogP contribution < -0.4 is 0 Å². The maximum absolute atomic E-state index is 12.9. The normalized spacial score (nSPS) is 19.7. The van der Waals surface area contributed by atoms with Gasteiger partial charge < -0.3 is 4.90 Å². The Hall–Kier alpha value is -2.46. The van der Waals surface area contributed by atoms with Gasteiger partial charge in [0.2, 0.25) is 0 Å². The van der Waals surface area contributed by atoms with Crippen molar-refractivity contribution in [3.8, 4) is 11.3 Å². The van der Waals surface area contributed by atoms with E-state index in [2.05, 4.69) is 41.1 Å². The number of carbonyl (C=O) groups excluding carboxylic acids is 1. The molecule has 4 heteroatoms. The maximum Gasteiger partial charge on any atom is 0.254 e. The number of aromatic nitrogens is 1. The fraction of sp³-hybridized carbons (Fsp3) is 0.391. The summed E-state index contributed by atoms with van der Waals surface area (Å²) < 4.78 is 0. The Kier molecular flexibility index (Phi) is 5.35. The highest BCUT2D eigenvalue weighted by molar-refractivity contribution is 5.96. The fourth-order valence-corrected chi connectivity index (χ4v) is 4.03. The Bertz CT molecular complexity index is 822. The molecule has 2 aliphatic rings. The quantitative estimate of drug-likeness (QED) is 0.751. The largest absolute Gasteiger partial charge is 0.329 e. The van der Waals surface area contributed by atoms with Gasteiger partial charge in [0.25, 0.3) is 5.91 Å². The van der Waals surface area contributed by atoms with Gasteiger partial charge in [0.15, 0.2) is 0 Å². The lowest BCUT2D eigenvalue weighted by molar-refractivity contribution is 0.0747. The van der Waals surface area contributed by atoms with Gasteiger partial charge in [0, 0.05) is 30.4 Å². The third kappa shape index (κ3) is 3.96. The highest BCUT2D eigenvalue weighted by Gasteiger charge is 2.24. The molecule has 1 amide bonds. The molecule has 140 valence electrons. The zero-order valence-corrected chi connectivity index (χ0v) is 16.0. The van der Waals surface area contributed by atoms with Gasteiger partial charge in [0.1, 0.15) is 0 Å². The van der Waals surface area contributed by atoms with Crippen molar-refractivity contribution in [2.75, 3.05) is 19.6 Å². The molecule has 1 aromatic heterocycles. The van der Waals surface area contributed by atoms with Crippen molar-refractivity contribution < 1.29 is 4.79 Å². The van der Waals surface area contributed by atoms with Gasteiger partial charge in [-0.15, -0.1) is 0 Å². The minimum atomic E-state index is 0.0966. The van der Waals surface area contributed by atoms with E-state index in [4.69, 9.17) is 0 Å². The number of rotatable bonds is 5. The van der Waals surface area contributed by atoms with Gasteiger partial charge in [-0.3, -0.25) is 14.7 Å². The molecule has 0 bridgehead atoms. The first kappa shape index (κ1) is 17.9. The van der Waals surface area contributed by atoms with Crippen LogP contribution >= 0.6 is 0 Å². The molecule has 0 unspecified atom stereocenters. The molecule has 0 N–H and O–H groups in total. The number of amides is 1. The van der Waals surface area contributed by atoms with Crippen molar-refractivity contribution in [1.29, 1.82) is 0 Å². The van der Waals surface area contributed by atoms with Crippen LogP contribution in [0.2, 0.25) is 0 Å². The van der Waals surface area contributed by atoms with Crippen molar-refractivity contribution in [3.05, 3.63) is 65.9 Å². The number of hydrogen-bond acceptors (Lipinski definition) is 3. The van der Waals surface area contributed by atoms with E-state index in [-0.39, 0.29) is 11.9 Å². The molecule has 1 fully saturated rings. The van der Waals surface area contributed by atoms with Crippen LogP contribution in [-0.2, 0) is 6.54 Å². The number of pyridine rings is 1. The average molecular weight is 361 g/mol. The minimum absolute atomic E-state index is 0.0966. The maximum atomic E-state index is 12.9. The molecule has 0 saturated carbocycles. The lowest BCUT2D eigenvalue weighted by Crippen LogP contribution is -2.35. The predicted octanol–water partition coefficient (Wildman–Crippen LogP) is 4.14. The number of hydrogen-bond donors (Lipinski definition) is 0. The summed E-state index contributed by atoms with van der Waals surface area (Å²) in [6.45, 7) is 6.17. The van der Waals surface area contributed by atoms with Crippen LogP contribution in [0.5, 0.6) is 0 Å². The second-order valence-electron chi connectivity index (χ2n) is 7.48. The van der Waals surface area contributed by atoms with Crippen LogP contribution in [-0.4, -0.2) is 46.4 Å². The molecular weight excluding hydrogens is 334 g/mol. The molecular formula is C23H27N3O. The van der Waals surface area contributed by atoms with Crippen molar-refractivity contribution in [3.63, 3.8) is 0 Å². The smallest absolute Gasteiger partial charge is 0.254 e. The molecule has 1 atom stereocenters. The summed E-state index contributed by atoms with van der Waals surface area (Å²) in [5, 5.41) is 0. The molecule has 2 aliphatic heterocycles. The third-order valence-corrected chi connectivity index (χ3v) is 5.57. The molecule has 27 heavy (non-hydrogen) atoms. The average Bonchev–Trinajstić information content (AvgIpc) is 3.40. The predicted molar refractivity (Wildman–Crippen MR) is 108 cm³/mol. The Balaban J connectivity index is 1.49. The number of benzene rings is 1. The topological polar surface area (TPSA) is 36.4 Å².